The van der Waals surface area contributed by atoms with Crippen LogP contribution < -0.4 is 26.3 Å². The molecule has 3 aliphatic carbocycles. The van der Waals surface area contributed by atoms with Gasteiger partial charge in [0.1, 0.15) is 5.75 Å². The number of benzene rings is 3. The first-order valence-corrected chi connectivity index (χ1v) is 20.6. The number of halogens is 1. The third-order valence-corrected chi connectivity index (χ3v) is 13.3. The Balaban J connectivity index is 1.11. The standard InChI is InChI=1S/C44H58ClN5O4/c1-28(48-26-30-12-13-33(25-46)41(23-30)53-2)39-27-49(44(52)54-40-19-16-31-10-6-7-11-35(31)42(40)45)20-21-50(39)43(51)38(22-29-8-4-3-5-9-29)37-24-36(37)32-14-17-34(47)18-15-32/h6-7,10-13,16,19,23,29,32,34,36-39,48H,1,3-5,8-9,14-15,17-18,20-22,24-27,46-47H2,2H3/t32?,34?,36?,37?,38?,39-/m0/s1. The molecule has 3 aromatic carbocycles. The molecule has 1 aliphatic heterocycles. The molecule has 7 rings (SSSR count). The number of piperazine rings is 1. The molecule has 1 heterocycles. The van der Waals surface area contributed by atoms with Crippen molar-refractivity contribution >= 4 is 34.4 Å². The van der Waals surface area contributed by atoms with Crippen molar-refractivity contribution in [3.8, 4) is 11.5 Å². The van der Waals surface area contributed by atoms with Crippen LogP contribution >= 0.6 is 11.6 Å². The van der Waals surface area contributed by atoms with Crippen LogP contribution in [0.25, 0.3) is 10.8 Å². The molecule has 3 aromatic rings. The lowest BCUT2D eigenvalue weighted by atomic mass is 9.78. The fraction of sp³-hybridized carbons (Fsp3) is 0.545. The maximum absolute atomic E-state index is 15.1. The van der Waals surface area contributed by atoms with Gasteiger partial charge in [0.25, 0.3) is 0 Å². The zero-order valence-corrected chi connectivity index (χ0v) is 32.6. The van der Waals surface area contributed by atoms with Crippen molar-refractivity contribution in [1.29, 1.82) is 0 Å². The minimum absolute atomic E-state index is 0.0213. The Labute approximate surface area is 325 Å². The van der Waals surface area contributed by atoms with E-state index < -0.39 is 12.1 Å². The van der Waals surface area contributed by atoms with Crippen LogP contribution in [0.4, 0.5) is 4.79 Å². The minimum Gasteiger partial charge on any atom is -0.496 e. The summed E-state index contributed by atoms with van der Waals surface area (Å²) in [6.45, 7) is 6.39. The second kappa shape index (κ2) is 17.3. The monoisotopic (exact) mass is 755 g/mol. The van der Waals surface area contributed by atoms with Gasteiger partial charge < -0.3 is 36.1 Å². The molecule has 2 amide bonds. The average Bonchev–Trinajstić information content (AvgIpc) is 4.01. The predicted octanol–water partition coefficient (Wildman–Crippen LogP) is 8.02. The molecule has 10 heteroatoms. The number of nitrogens with one attached hydrogen (secondary N) is 1. The molecule has 1 saturated heterocycles. The van der Waals surface area contributed by atoms with Crippen molar-refractivity contribution in [3.05, 3.63) is 83.0 Å². The topological polar surface area (TPSA) is 123 Å². The second-order valence-electron chi connectivity index (χ2n) is 16.3. The fourth-order valence-electron chi connectivity index (χ4n) is 9.63. The number of carbonyl (C=O) groups is 2. The van der Waals surface area contributed by atoms with Crippen molar-refractivity contribution in [1.82, 2.24) is 15.1 Å². The van der Waals surface area contributed by atoms with Gasteiger partial charge in [-0.25, -0.2) is 4.79 Å². The zero-order chi connectivity index (χ0) is 37.8. The van der Waals surface area contributed by atoms with E-state index in [1.165, 1.54) is 44.9 Å². The Hall–Kier alpha value is -3.79. The molecule has 5 N–H and O–H groups in total. The van der Waals surface area contributed by atoms with Gasteiger partial charge >= 0.3 is 6.09 Å². The number of amides is 2. The van der Waals surface area contributed by atoms with Crippen molar-refractivity contribution in [2.75, 3.05) is 26.7 Å². The molecule has 3 saturated carbocycles. The molecule has 0 bridgehead atoms. The third-order valence-electron chi connectivity index (χ3n) is 12.9. The number of fused-ring (bicyclic) bond motifs is 1. The van der Waals surface area contributed by atoms with E-state index in [0.717, 1.165) is 53.3 Å². The highest BCUT2D eigenvalue weighted by Gasteiger charge is 2.52. The fourth-order valence-corrected chi connectivity index (χ4v) is 9.90. The largest absolute Gasteiger partial charge is 0.496 e. The third kappa shape index (κ3) is 8.69. The first kappa shape index (κ1) is 38.5. The predicted molar refractivity (Wildman–Crippen MR) is 215 cm³/mol. The van der Waals surface area contributed by atoms with Crippen molar-refractivity contribution in [2.24, 2.45) is 41.1 Å². The maximum Gasteiger partial charge on any atom is 0.415 e. The van der Waals surface area contributed by atoms with Gasteiger partial charge in [-0.3, -0.25) is 4.79 Å². The summed E-state index contributed by atoms with van der Waals surface area (Å²) in [6.07, 6.45) is 12.3. The molecule has 4 atom stereocenters. The van der Waals surface area contributed by atoms with Crippen molar-refractivity contribution < 1.29 is 19.1 Å². The number of methoxy groups -OCH3 is 1. The molecule has 4 aliphatic rings. The Morgan fingerprint density at radius 2 is 1.76 bits per heavy atom. The Kier molecular flexibility index (Phi) is 12.4. The zero-order valence-electron chi connectivity index (χ0n) is 31.8. The lowest BCUT2D eigenvalue weighted by Crippen LogP contribution is -2.60. The van der Waals surface area contributed by atoms with Gasteiger partial charge in [-0.15, -0.1) is 0 Å². The van der Waals surface area contributed by atoms with Crippen LogP contribution in [0.15, 0.2) is 66.9 Å². The lowest BCUT2D eigenvalue weighted by Gasteiger charge is -2.43. The van der Waals surface area contributed by atoms with E-state index >= 15 is 4.79 Å². The lowest BCUT2D eigenvalue weighted by molar-refractivity contribution is -0.141. The smallest absolute Gasteiger partial charge is 0.415 e. The highest BCUT2D eigenvalue weighted by Crippen LogP contribution is 2.55. The summed E-state index contributed by atoms with van der Waals surface area (Å²) < 4.78 is 11.5. The summed E-state index contributed by atoms with van der Waals surface area (Å²) in [5, 5.41) is 5.72. The van der Waals surface area contributed by atoms with Gasteiger partial charge in [-0.2, -0.15) is 0 Å². The molecular formula is C44H58ClN5O4. The second-order valence-corrected chi connectivity index (χ2v) is 16.7. The number of hydrogen-bond donors (Lipinski definition) is 3. The summed E-state index contributed by atoms with van der Waals surface area (Å²) >= 11 is 6.74. The molecule has 0 radical (unpaired) electrons. The van der Waals surface area contributed by atoms with Crippen LogP contribution in [0, 0.1) is 29.6 Å². The normalized spacial score (nSPS) is 25.2. The molecule has 4 fully saturated rings. The first-order chi connectivity index (χ1) is 26.2. The van der Waals surface area contributed by atoms with Crippen LogP contribution in [0.5, 0.6) is 11.5 Å². The number of hydrogen-bond acceptors (Lipinski definition) is 7. The van der Waals surface area contributed by atoms with Gasteiger partial charge in [-0.1, -0.05) is 92.7 Å². The highest BCUT2D eigenvalue weighted by molar-refractivity contribution is 6.37. The van der Waals surface area contributed by atoms with Crippen molar-refractivity contribution in [2.45, 2.75) is 95.8 Å². The Morgan fingerprint density at radius 3 is 2.52 bits per heavy atom. The van der Waals surface area contributed by atoms with Gasteiger partial charge in [0.15, 0.2) is 5.75 Å². The van der Waals surface area contributed by atoms with Gasteiger partial charge in [-0.05, 0) is 85.3 Å². The molecular weight excluding hydrogens is 698 g/mol. The summed E-state index contributed by atoms with van der Waals surface area (Å²) in [7, 11) is 1.65. The van der Waals surface area contributed by atoms with Crippen LogP contribution in [0.3, 0.4) is 0 Å². The molecule has 9 nitrogen and oxygen atoms in total. The van der Waals surface area contributed by atoms with E-state index in [-0.39, 0.29) is 18.4 Å². The number of ether oxygens (including phenoxy) is 2. The summed E-state index contributed by atoms with van der Waals surface area (Å²) in [4.78, 5) is 32.6. The molecule has 0 aromatic heterocycles. The molecule has 3 unspecified atom stereocenters. The first-order valence-electron chi connectivity index (χ1n) is 20.2. The van der Waals surface area contributed by atoms with E-state index in [0.29, 0.717) is 72.4 Å². The number of rotatable bonds is 12. The number of nitrogens with two attached hydrogens (primary N) is 2. The minimum atomic E-state index is -0.490. The molecule has 290 valence electrons. The van der Waals surface area contributed by atoms with Crippen LogP contribution in [0.1, 0.15) is 81.8 Å². The SMILES string of the molecule is C=C(NCc1ccc(CN)c(OC)c1)[C@@H]1CN(C(=O)Oc2ccc3ccccc3c2Cl)CCN1C(=O)C(CC1CCCCC1)C1CC1C1CCC(N)CC1. The van der Waals surface area contributed by atoms with Gasteiger partial charge in [0, 0.05) is 54.8 Å². The van der Waals surface area contributed by atoms with E-state index in [1.54, 1.807) is 18.1 Å². The average molecular weight is 756 g/mol. The summed E-state index contributed by atoms with van der Waals surface area (Å²) in [6, 6.07) is 17.3. The van der Waals surface area contributed by atoms with E-state index in [9.17, 15) is 4.79 Å². The Morgan fingerprint density at radius 1 is 0.981 bits per heavy atom. The Bertz CT molecular complexity index is 1800. The molecule has 54 heavy (non-hydrogen) atoms. The maximum atomic E-state index is 15.1. The van der Waals surface area contributed by atoms with Gasteiger partial charge in [0.2, 0.25) is 5.91 Å². The number of nitrogens with zero attached hydrogens (tertiary/aromatic N) is 2. The molecule has 0 spiro atoms. The van der Waals surface area contributed by atoms with Crippen LogP contribution in [-0.2, 0) is 17.9 Å². The van der Waals surface area contributed by atoms with Crippen molar-refractivity contribution in [3.63, 3.8) is 0 Å². The van der Waals surface area contributed by atoms with Crippen LogP contribution in [0.2, 0.25) is 5.02 Å². The van der Waals surface area contributed by atoms with E-state index in [1.807, 2.05) is 53.4 Å². The quantitative estimate of drug-likeness (QED) is 0.171. The highest BCUT2D eigenvalue weighted by atomic mass is 35.5. The van der Waals surface area contributed by atoms with E-state index in [2.05, 4.69) is 11.9 Å². The van der Waals surface area contributed by atoms with E-state index in [4.69, 9.17) is 32.5 Å². The summed E-state index contributed by atoms with van der Waals surface area (Å²) in [5.74, 6) is 3.51. The van der Waals surface area contributed by atoms with Gasteiger partial charge in [0.05, 0.1) is 24.7 Å². The van der Waals surface area contributed by atoms with Crippen LogP contribution in [-0.4, -0.2) is 60.6 Å². The number of carbonyl (C=O) groups excluding carboxylic acids is 2. The summed E-state index contributed by atoms with van der Waals surface area (Å²) in [5.41, 5.74) is 14.8.